The smallest absolute Gasteiger partial charge is 0.853 e. The minimum absolute atomic E-state index is 0. The van der Waals surface area contributed by atoms with E-state index in [0.717, 1.165) is 0 Å². The zero-order valence-corrected chi connectivity index (χ0v) is 9.56. The number of fused-ring (bicyclic) bond motifs is 1. The molecule has 0 unspecified atom stereocenters. The van der Waals surface area contributed by atoms with E-state index < -0.39 is 18.2 Å². The predicted octanol–water partition coefficient (Wildman–Crippen LogP) is -3.76. The van der Waals surface area contributed by atoms with Gasteiger partial charge in [-0.3, -0.25) is 0 Å². The van der Waals surface area contributed by atoms with Crippen molar-refractivity contribution in [1.29, 1.82) is 0 Å². The first-order valence-electron chi connectivity index (χ1n) is 4.69. The summed E-state index contributed by atoms with van der Waals surface area (Å²) in [6.07, 6.45) is -1.53. The topological polar surface area (TPSA) is 60.0 Å². The van der Waals surface area contributed by atoms with Gasteiger partial charge in [0.05, 0.1) is 6.10 Å². The van der Waals surface area contributed by atoms with E-state index in [1.54, 1.807) is 0 Å². The van der Waals surface area contributed by atoms with Crippen LogP contribution < -0.4 is 24.0 Å². The second-order valence-corrected chi connectivity index (χ2v) is 4.01. The van der Waals surface area contributed by atoms with Crippen LogP contribution >= 0.6 is 0 Å². The molecule has 0 radical (unpaired) electrons. The van der Waals surface area contributed by atoms with Gasteiger partial charge < -0.3 is 24.1 Å². The van der Waals surface area contributed by atoms with E-state index in [9.17, 15) is 5.11 Å². The normalized spacial score (nSPS) is 42.4. The van der Waals surface area contributed by atoms with Crippen molar-refractivity contribution in [1.82, 2.24) is 0 Å². The fourth-order valence-electron chi connectivity index (χ4n) is 1.97. The van der Waals surface area contributed by atoms with Crippen LogP contribution in [0.25, 0.3) is 0 Å². The van der Waals surface area contributed by atoms with Crippen LogP contribution in [0.15, 0.2) is 0 Å². The zero-order valence-electron chi connectivity index (χ0n) is 9.56. The third-order valence-electron chi connectivity index (χ3n) is 2.50. The summed E-state index contributed by atoms with van der Waals surface area (Å²) >= 11 is 0. The molecule has 5 nitrogen and oxygen atoms in total. The molecule has 2 aliphatic rings. The summed E-state index contributed by atoms with van der Waals surface area (Å²) in [5.74, 6) is -0.649. The van der Waals surface area contributed by atoms with Gasteiger partial charge in [-0.1, -0.05) is 0 Å². The molecule has 82 valence electrons. The second kappa shape index (κ2) is 4.72. The molecule has 0 aromatic carbocycles. The third kappa shape index (κ3) is 2.39. The molecule has 0 amide bonds. The fourth-order valence-corrected chi connectivity index (χ4v) is 1.97. The van der Waals surface area contributed by atoms with Crippen LogP contribution in [0.2, 0.25) is 0 Å². The monoisotopic (exact) mass is 210 g/mol. The molecule has 0 N–H and O–H groups in total. The van der Waals surface area contributed by atoms with E-state index in [-0.39, 0.29) is 37.7 Å². The van der Waals surface area contributed by atoms with Gasteiger partial charge in [0.1, 0.15) is 12.2 Å². The van der Waals surface area contributed by atoms with Crippen molar-refractivity contribution in [3.05, 3.63) is 0 Å². The Balaban J connectivity index is 0.00000112. The van der Waals surface area contributed by atoms with Crippen molar-refractivity contribution in [2.24, 2.45) is 0 Å². The minimum atomic E-state index is -0.649. The third-order valence-corrected chi connectivity index (χ3v) is 2.50. The van der Waals surface area contributed by atoms with Gasteiger partial charge in [-0.05, 0) is 13.8 Å². The Kier molecular flexibility index (Phi) is 4.24. The Hall–Kier alpha value is 0.397. The number of rotatable bonds is 2. The summed E-state index contributed by atoms with van der Waals surface area (Å²) in [5, 5.41) is 10.8. The second-order valence-electron chi connectivity index (χ2n) is 4.01. The molecule has 2 heterocycles. The Morgan fingerprint density at radius 3 is 2.40 bits per heavy atom. The molecule has 0 spiro atoms. The molecule has 2 saturated heterocycles. The zero-order chi connectivity index (χ0) is 10.3. The van der Waals surface area contributed by atoms with E-state index in [4.69, 9.17) is 18.9 Å². The van der Waals surface area contributed by atoms with Crippen LogP contribution in [-0.4, -0.2) is 44.1 Å². The quantitative estimate of drug-likeness (QED) is 0.438. The van der Waals surface area contributed by atoms with Crippen molar-refractivity contribution >= 4 is 0 Å². The van der Waals surface area contributed by atoms with Gasteiger partial charge in [0.15, 0.2) is 12.1 Å². The molecular weight excluding hydrogens is 195 g/mol. The van der Waals surface area contributed by atoms with Crippen molar-refractivity contribution in [3.63, 3.8) is 0 Å². The summed E-state index contributed by atoms with van der Waals surface area (Å²) < 4.78 is 21.6. The van der Waals surface area contributed by atoms with Crippen molar-refractivity contribution < 1.29 is 42.9 Å². The maximum atomic E-state index is 10.8. The number of hydrogen-bond acceptors (Lipinski definition) is 5. The molecule has 6 heteroatoms. The molecule has 2 rings (SSSR count). The van der Waals surface area contributed by atoms with Crippen molar-refractivity contribution in [2.45, 2.75) is 44.2 Å². The number of ether oxygens (including phenoxy) is 4. The van der Waals surface area contributed by atoms with Crippen LogP contribution in [-0.2, 0) is 18.9 Å². The largest absolute Gasteiger partial charge is 1.00 e. The van der Waals surface area contributed by atoms with Crippen molar-refractivity contribution in [2.75, 3.05) is 13.7 Å². The SMILES string of the molecule is CO[C@@H]1O[C@H](C[O-])[C@H]2OC(C)(C)O[C@@H]12.[Li+]. The Morgan fingerprint density at radius 2 is 1.87 bits per heavy atom. The molecule has 2 aliphatic heterocycles. The van der Waals surface area contributed by atoms with E-state index in [2.05, 4.69) is 0 Å². The van der Waals surface area contributed by atoms with Crippen LogP contribution in [0.4, 0.5) is 0 Å². The first-order valence-corrected chi connectivity index (χ1v) is 4.69. The Morgan fingerprint density at radius 1 is 1.27 bits per heavy atom. The molecule has 2 fully saturated rings. The van der Waals surface area contributed by atoms with E-state index >= 15 is 0 Å². The maximum absolute atomic E-state index is 10.8. The van der Waals surface area contributed by atoms with Crippen molar-refractivity contribution in [3.8, 4) is 0 Å². The minimum Gasteiger partial charge on any atom is -0.853 e. The molecule has 0 saturated carbocycles. The predicted molar refractivity (Wildman–Crippen MR) is 44.4 cm³/mol. The van der Waals surface area contributed by atoms with E-state index in [0.29, 0.717) is 0 Å². The molecule has 0 aliphatic carbocycles. The van der Waals surface area contributed by atoms with Gasteiger partial charge >= 0.3 is 18.9 Å². The first-order chi connectivity index (χ1) is 6.57. The van der Waals surface area contributed by atoms with Gasteiger partial charge in [0.25, 0.3) is 0 Å². The van der Waals surface area contributed by atoms with Gasteiger partial charge in [0, 0.05) is 7.11 Å². The summed E-state index contributed by atoms with van der Waals surface area (Å²) in [6.45, 7) is 3.31. The van der Waals surface area contributed by atoms with Gasteiger partial charge in [-0.2, -0.15) is 0 Å². The number of methoxy groups -OCH3 is 1. The van der Waals surface area contributed by atoms with Gasteiger partial charge in [0.2, 0.25) is 0 Å². The van der Waals surface area contributed by atoms with Gasteiger partial charge in [-0.25, -0.2) is 0 Å². The standard InChI is InChI=1S/C9H15O5.Li/c1-9(2)13-6-5(4-10)12-8(11-3)7(6)14-9;/h5-8H,4H2,1-3H3;/q-1;+1/t5-,6-,7-,8-;/m1./s1. The Bertz CT molecular complexity index is 203. The molecule has 4 atom stereocenters. The summed E-state index contributed by atoms with van der Waals surface area (Å²) in [6, 6.07) is 0. The van der Waals surface area contributed by atoms with Crippen LogP contribution in [0.3, 0.4) is 0 Å². The van der Waals surface area contributed by atoms with E-state index in [1.807, 2.05) is 13.8 Å². The molecule has 0 aromatic heterocycles. The summed E-state index contributed by atoms with van der Waals surface area (Å²) in [4.78, 5) is 0. The van der Waals surface area contributed by atoms with Crippen LogP contribution in [0, 0.1) is 0 Å². The molecular formula is C9H15LiO5. The molecule has 0 aromatic rings. The summed E-state index contributed by atoms with van der Waals surface area (Å²) in [5.41, 5.74) is 0. The average molecular weight is 210 g/mol. The summed E-state index contributed by atoms with van der Waals surface area (Å²) in [7, 11) is 1.53. The average Bonchev–Trinajstić information content (AvgIpc) is 2.57. The Labute approximate surface area is 101 Å². The van der Waals surface area contributed by atoms with Gasteiger partial charge in [-0.15, -0.1) is 6.61 Å². The van der Waals surface area contributed by atoms with Crippen LogP contribution in [0.1, 0.15) is 13.8 Å². The molecule has 15 heavy (non-hydrogen) atoms. The fraction of sp³-hybridized carbons (Fsp3) is 1.00. The number of hydrogen-bond donors (Lipinski definition) is 0. The maximum Gasteiger partial charge on any atom is 1.00 e. The van der Waals surface area contributed by atoms with Crippen LogP contribution in [0.5, 0.6) is 0 Å². The van der Waals surface area contributed by atoms with E-state index in [1.165, 1.54) is 7.11 Å². The first kappa shape index (κ1) is 13.5. The molecule has 0 bridgehead atoms.